The number of carbonyl (C=O) groups excluding carboxylic acids is 1. The number of aromatic nitrogens is 2. The van der Waals surface area contributed by atoms with Gasteiger partial charge in [0, 0.05) is 12.1 Å². The first kappa shape index (κ1) is 21.3. The number of ether oxygens (including phenoxy) is 3. The number of esters is 1. The van der Waals surface area contributed by atoms with Crippen LogP contribution in [0.15, 0.2) is 35.3 Å². The van der Waals surface area contributed by atoms with E-state index < -0.39 is 23.3 Å². The Bertz CT molecular complexity index is 1150. The fourth-order valence-corrected chi connectivity index (χ4v) is 3.33. The Balaban J connectivity index is 2.31. The second kappa shape index (κ2) is 8.50. The van der Waals surface area contributed by atoms with Gasteiger partial charge >= 0.3 is 5.97 Å². The van der Waals surface area contributed by atoms with Crippen LogP contribution in [-0.2, 0) is 9.53 Å². The van der Waals surface area contributed by atoms with Crippen LogP contribution in [-0.4, -0.2) is 46.9 Å². The summed E-state index contributed by atoms with van der Waals surface area (Å²) in [5.74, 6) is -2.25. The molecule has 0 amide bonds. The fourth-order valence-electron chi connectivity index (χ4n) is 3.17. The van der Waals surface area contributed by atoms with Gasteiger partial charge in [0.2, 0.25) is 11.6 Å². The third-order valence-corrected chi connectivity index (χ3v) is 4.88. The highest BCUT2D eigenvalue weighted by Crippen LogP contribution is 2.42. The van der Waals surface area contributed by atoms with Gasteiger partial charge in [-0.05, 0) is 29.8 Å². The van der Waals surface area contributed by atoms with Crippen molar-refractivity contribution in [3.8, 4) is 23.1 Å². The van der Waals surface area contributed by atoms with Gasteiger partial charge in [-0.1, -0.05) is 11.6 Å². The number of rotatable bonds is 6. The summed E-state index contributed by atoms with van der Waals surface area (Å²) in [6.45, 7) is 0. The van der Waals surface area contributed by atoms with E-state index in [1.54, 1.807) is 0 Å². The maximum atomic E-state index is 13.2. The first-order valence-corrected chi connectivity index (χ1v) is 9.11. The molecule has 0 radical (unpaired) electrons. The van der Waals surface area contributed by atoms with Gasteiger partial charge in [0.15, 0.2) is 11.5 Å². The fraction of sp³-hybridized carbons (Fsp3) is 0.250. The van der Waals surface area contributed by atoms with E-state index in [1.165, 1.54) is 56.2 Å². The molecule has 10 heteroatoms. The zero-order valence-corrected chi connectivity index (χ0v) is 17.1. The molecule has 30 heavy (non-hydrogen) atoms. The Hall–Kier alpha value is -3.46. The molecule has 3 rings (SSSR count). The molecule has 2 N–H and O–H groups in total. The second-order valence-electron chi connectivity index (χ2n) is 6.34. The van der Waals surface area contributed by atoms with Gasteiger partial charge in [-0.15, -0.1) is 0 Å². The summed E-state index contributed by atoms with van der Waals surface area (Å²) in [7, 11) is 3.90. The molecule has 0 saturated heterocycles. The zero-order valence-electron chi connectivity index (χ0n) is 16.4. The summed E-state index contributed by atoms with van der Waals surface area (Å²) in [5, 5.41) is 21.0. The lowest BCUT2D eigenvalue weighted by Gasteiger charge is -2.20. The minimum absolute atomic E-state index is 0.0654. The van der Waals surface area contributed by atoms with Crippen molar-refractivity contribution in [2.75, 3.05) is 21.3 Å². The van der Waals surface area contributed by atoms with Gasteiger partial charge < -0.3 is 24.4 Å². The van der Waals surface area contributed by atoms with Crippen LogP contribution in [0.4, 0.5) is 0 Å². The summed E-state index contributed by atoms with van der Waals surface area (Å²) >= 11 is 6.00. The second-order valence-corrected chi connectivity index (χ2v) is 6.77. The lowest BCUT2D eigenvalue weighted by atomic mass is 9.89. The van der Waals surface area contributed by atoms with Gasteiger partial charge in [-0.2, -0.15) is 4.98 Å². The number of benzene rings is 1. The Morgan fingerprint density at radius 1 is 1.17 bits per heavy atom. The SMILES string of the molecule is COC(=O)CC(c1cc(OC)c(O)c(OC)c1)c1c(O)nc2ccc(Cl)cn2c1=O. The molecule has 3 aromatic rings. The molecule has 0 spiro atoms. The molecular weight excluding hydrogens is 416 g/mol. The highest BCUT2D eigenvalue weighted by Gasteiger charge is 2.29. The van der Waals surface area contributed by atoms with Crippen molar-refractivity contribution in [1.82, 2.24) is 9.38 Å². The smallest absolute Gasteiger partial charge is 0.306 e. The maximum absolute atomic E-state index is 13.2. The molecule has 158 valence electrons. The van der Waals surface area contributed by atoms with E-state index in [0.29, 0.717) is 10.6 Å². The van der Waals surface area contributed by atoms with Crippen molar-refractivity contribution < 1.29 is 29.2 Å². The molecule has 0 fully saturated rings. The minimum Gasteiger partial charge on any atom is -0.502 e. The Morgan fingerprint density at radius 2 is 1.80 bits per heavy atom. The van der Waals surface area contributed by atoms with Crippen LogP contribution in [0.25, 0.3) is 5.65 Å². The first-order chi connectivity index (χ1) is 14.3. The normalized spacial score (nSPS) is 11.9. The Kier molecular flexibility index (Phi) is 6.02. The number of nitrogens with zero attached hydrogens (tertiary/aromatic N) is 2. The number of hydrogen-bond acceptors (Lipinski definition) is 8. The molecule has 2 aromatic heterocycles. The van der Waals surface area contributed by atoms with Gasteiger partial charge in [0.25, 0.3) is 5.56 Å². The van der Waals surface area contributed by atoms with Gasteiger partial charge in [0.05, 0.1) is 38.3 Å². The van der Waals surface area contributed by atoms with Crippen molar-refractivity contribution in [1.29, 1.82) is 0 Å². The van der Waals surface area contributed by atoms with Gasteiger partial charge in [-0.3, -0.25) is 14.0 Å². The number of aromatic hydroxyl groups is 2. The zero-order chi connectivity index (χ0) is 22.0. The number of fused-ring (bicyclic) bond motifs is 1. The largest absolute Gasteiger partial charge is 0.502 e. The summed E-state index contributed by atoms with van der Waals surface area (Å²) in [5.41, 5.74) is -0.207. The molecule has 0 bridgehead atoms. The maximum Gasteiger partial charge on any atom is 0.306 e. The van der Waals surface area contributed by atoms with E-state index in [9.17, 15) is 19.8 Å². The summed E-state index contributed by atoms with van der Waals surface area (Å²) in [6.07, 6.45) is 1.08. The van der Waals surface area contributed by atoms with E-state index in [4.69, 9.17) is 25.8 Å². The molecule has 1 aromatic carbocycles. The third kappa shape index (κ3) is 3.84. The minimum atomic E-state index is -0.975. The molecule has 0 aliphatic rings. The van der Waals surface area contributed by atoms with E-state index in [-0.39, 0.29) is 34.9 Å². The number of halogens is 1. The molecule has 0 saturated carbocycles. The predicted molar refractivity (Wildman–Crippen MR) is 108 cm³/mol. The molecular formula is C20H19ClN2O7. The van der Waals surface area contributed by atoms with Crippen molar-refractivity contribution in [2.45, 2.75) is 12.3 Å². The third-order valence-electron chi connectivity index (χ3n) is 4.65. The lowest BCUT2D eigenvalue weighted by Crippen LogP contribution is -2.24. The summed E-state index contributed by atoms with van der Waals surface area (Å²) in [4.78, 5) is 29.4. The lowest BCUT2D eigenvalue weighted by molar-refractivity contribution is -0.140. The highest BCUT2D eigenvalue weighted by molar-refractivity contribution is 6.30. The van der Waals surface area contributed by atoms with Crippen LogP contribution in [0, 0.1) is 0 Å². The highest BCUT2D eigenvalue weighted by atomic mass is 35.5. The molecule has 1 atom stereocenters. The van der Waals surface area contributed by atoms with Crippen LogP contribution < -0.4 is 15.0 Å². The predicted octanol–water partition coefficient (Wildman–Crippen LogP) is 2.47. The Labute approximate surface area is 176 Å². The summed E-state index contributed by atoms with van der Waals surface area (Å²) in [6, 6.07) is 5.90. The van der Waals surface area contributed by atoms with Crippen LogP contribution >= 0.6 is 11.6 Å². The number of pyridine rings is 1. The molecule has 0 aliphatic heterocycles. The van der Waals surface area contributed by atoms with Crippen LogP contribution in [0.1, 0.15) is 23.5 Å². The quantitative estimate of drug-likeness (QED) is 0.568. The standard InChI is InChI=1S/C20H19ClN2O7/c1-28-13-6-10(7-14(29-2)18(13)25)12(8-16(24)30-3)17-19(26)22-15-5-4-11(21)9-23(15)20(17)27/h4-7,9,12,25-26H,8H2,1-3H3. The van der Waals surface area contributed by atoms with Crippen molar-refractivity contribution in [3.63, 3.8) is 0 Å². The van der Waals surface area contributed by atoms with Gasteiger partial charge in [-0.25, -0.2) is 0 Å². The van der Waals surface area contributed by atoms with Crippen molar-refractivity contribution >= 4 is 23.2 Å². The van der Waals surface area contributed by atoms with Crippen molar-refractivity contribution in [2.24, 2.45) is 0 Å². The van der Waals surface area contributed by atoms with Crippen molar-refractivity contribution in [3.05, 3.63) is 57.0 Å². The van der Waals surface area contributed by atoms with Crippen LogP contribution in [0.2, 0.25) is 5.02 Å². The van der Waals surface area contributed by atoms with Crippen LogP contribution in [0.5, 0.6) is 23.1 Å². The number of carbonyl (C=O) groups is 1. The van der Waals surface area contributed by atoms with Crippen LogP contribution in [0.3, 0.4) is 0 Å². The average molecular weight is 435 g/mol. The van der Waals surface area contributed by atoms with E-state index in [1.807, 2.05) is 0 Å². The number of phenolic OH excluding ortho intramolecular Hbond substituents is 1. The van der Waals surface area contributed by atoms with E-state index in [2.05, 4.69) is 4.98 Å². The monoisotopic (exact) mass is 434 g/mol. The first-order valence-electron chi connectivity index (χ1n) is 8.73. The average Bonchev–Trinajstić information content (AvgIpc) is 2.73. The molecule has 9 nitrogen and oxygen atoms in total. The number of phenols is 1. The molecule has 1 unspecified atom stereocenters. The van der Waals surface area contributed by atoms with E-state index >= 15 is 0 Å². The number of methoxy groups -OCH3 is 3. The van der Waals surface area contributed by atoms with Gasteiger partial charge in [0.1, 0.15) is 5.65 Å². The summed E-state index contributed by atoms with van der Waals surface area (Å²) < 4.78 is 16.3. The molecule has 2 heterocycles. The number of hydrogen-bond donors (Lipinski definition) is 2. The topological polar surface area (TPSA) is 120 Å². The molecule has 0 aliphatic carbocycles. The Morgan fingerprint density at radius 3 is 2.37 bits per heavy atom. The van der Waals surface area contributed by atoms with E-state index in [0.717, 1.165) is 0 Å².